The first-order valence-electron chi connectivity index (χ1n) is 3.81. The van der Waals surface area contributed by atoms with Crippen molar-refractivity contribution < 1.29 is 0 Å². The van der Waals surface area contributed by atoms with Gasteiger partial charge in [-0.25, -0.2) is 0 Å². The highest BCUT2D eigenvalue weighted by molar-refractivity contribution is 5.47. The van der Waals surface area contributed by atoms with Crippen molar-refractivity contribution >= 4 is 5.69 Å². The fourth-order valence-electron chi connectivity index (χ4n) is 0.879. The zero-order valence-corrected chi connectivity index (χ0v) is 6.75. The molecule has 0 saturated heterocycles. The molecule has 0 saturated carbocycles. The summed E-state index contributed by atoms with van der Waals surface area (Å²) in [5, 5.41) is 11.6. The Morgan fingerprint density at radius 2 is 2.00 bits per heavy atom. The van der Waals surface area contributed by atoms with Crippen molar-refractivity contribution in [3.8, 4) is 6.07 Å². The van der Waals surface area contributed by atoms with Gasteiger partial charge in [-0.2, -0.15) is 5.26 Å². The molecule has 1 aromatic carbocycles. The van der Waals surface area contributed by atoms with Crippen LogP contribution in [0.5, 0.6) is 0 Å². The van der Waals surface area contributed by atoms with Gasteiger partial charge in [-0.05, 0) is 24.3 Å². The molecule has 0 fully saturated rings. The number of nitriles is 1. The van der Waals surface area contributed by atoms with E-state index < -0.39 is 0 Å². The molecule has 0 spiro atoms. The van der Waals surface area contributed by atoms with Crippen molar-refractivity contribution in [2.45, 2.75) is 0 Å². The second-order valence-electron chi connectivity index (χ2n) is 2.40. The van der Waals surface area contributed by atoms with Crippen LogP contribution in [-0.4, -0.2) is 13.1 Å². The minimum Gasteiger partial charge on any atom is -0.384 e. The van der Waals surface area contributed by atoms with E-state index >= 15 is 0 Å². The Bertz CT molecular complexity index is 271. The fraction of sp³-hybridized carbons (Fsp3) is 0.222. The van der Waals surface area contributed by atoms with Crippen LogP contribution >= 0.6 is 0 Å². The maximum Gasteiger partial charge on any atom is 0.0991 e. The Morgan fingerprint density at radius 1 is 1.33 bits per heavy atom. The van der Waals surface area contributed by atoms with Gasteiger partial charge in [0.1, 0.15) is 0 Å². The SMILES string of the molecule is N#Cc1ccc(NCCN)cc1. The first-order valence-corrected chi connectivity index (χ1v) is 3.81. The predicted molar refractivity (Wildman–Crippen MR) is 48.7 cm³/mol. The minimum atomic E-state index is 0.611. The minimum absolute atomic E-state index is 0.611. The van der Waals surface area contributed by atoms with E-state index in [1.807, 2.05) is 12.1 Å². The molecule has 0 aliphatic carbocycles. The highest BCUT2D eigenvalue weighted by Crippen LogP contribution is 2.07. The van der Waals surface area contributed by atoms with E-state index in [0.717, 1.165) is 12.2 Å². The van der Waals surface area contributed by atoms with Gasteiger partial charge in [-0.15, -0.1) is 0 Å². The molecule has 12 heavy (non-hydrogen) atoms. The van der Waals surface area contributed by atoms with Gasteiger partial charge in [-0.3, -0.25) is 0 Å². The molecule has 0 unspecified atom stereocenters. The van der Waals surface area contributed by atoms with E-state index in [2.05, 4.69) is 11.4 Å². The first kappa shape index (κ1) is 8.57. The third kappa shape index (κ3) is 2.26. The summed E-state index contributed by atoms with van der Waals surface area (Å²) in [6.45, 7) is 1.37. The van der Waals surface area contributed by atoms with Crippen molar-refractivity contribution in [1.82, 2.24) is 0 Å². The van der Waals surface area contributed by atoms with Crippen LogP contribution in [-0.2, 0) is 0 Å². The lowest BCUT2D eigenvalue weighted by Crippen LogP contribution is -2.12. The highest BCUT2D eigenvalue weighted by Gasteiger charge is 1.90. The molecular weight excluding hydrogens is 150 g/mol. The molecule has 3 N–H and O–H groups in total. The van der Waals surface area contributed by atoms with Crippen LogP contribution < -0.4 is 11.1 Å². The van der Waals surface area contributed by atoms with E-state index in [1.54, 1.807) is 12.1 Å². The number of nitrogens with two attached hydrogens (primary N) is 1. The molecule has 0 bridgehead atoms. The van der Waals surface area contributed by atoms with E-state index in [9.17, 15) is 0 Å². The molecule has 0 atom stereocenters. The Labute approximate surface area is 71.8 Å². The molecule has 0 aliphatic heterocycles. The zero-order valence-electron chi connectivity index (χ0n) is 6.75. The lowest BCUT2D eigenvalue weighted by atomic mass is 10.2. The van der Waals surface area contributed by atoms with E-state index in [0.29, 0.717) is 12.1 Å². The Morgan fingerprint density at radius 3 is 2.50 bits per heavy atom. The lowest BCUT2D eigenvalue weighted by molar-refractivity contribution is 1.02. The van der Waals surface area contributed by atoms with Gasteiger partial charge < -0.3 is 11.1 Å². The van der Waals surface area contributed by atoms with Gasteiger partial charge in [0.2, 0.25) is 0 Å². The van der Waals surface area contributed by atoms with Gasteiger partial charge in [-0.1, -0.05) is 0 Å². The summed E-state index contributed by atoms with van der Waals surface area (Å²) in [6, 6.07) is 9.35. The molecule has 62 valence electrons. The molecule has 3 heteroatoms. The van der Waals surface area contributed by atoms with Gasteiger partial charge in [0.25, 0.3) is 0 Å². The second-order valence-corrected chi connectivity index (χ2v) is 2.40. The summed E-state index contributed by atoms with van der Waals surface area (Å²) < 4.78 is 0. The summed E-state index contributed by atoms with van der Waals surface area (Å²) in [6.07, 6.45) is 0. The summed E-state index contributed by atoms with van der Waals surface area (Å²) in [4.78, 5) is 0. The molecule has 1 rings (SSSR count). The normalized spacial score (nSPS) is 9.00. The average molecular weight is 161 g/mol. The first-order chi connectivity index (χ1) is 5.86. The van der Waals surface area contributed by atoms with Gasteiger partial charge in [0.15, 0.2) is 0 Å². The smallest absolute Gasteiger partial charge is 0.0991 e. The predicted octanol–water partition coefficient (Wildman–Crippen LogP) is 0.929. The number of hydrogen-bond acceptors (Lipinski definition) is 3. The van der Waals surface area contributed by atoms with Crippen molar-refractivity contribution in [3.63, 3.8) is 0 Å². The van der Waals surface area contributed by atoms with Crippen LogP contribution in [0.4, 0.5) is 5.69 Å². The van der Waals surface area contributed by atoms with Gasteiger partial charge in [0.05, 0.1) is 11.6 Å². The quantitative estimate of drug-likeness (QED) is 0.693. The number of hydrogen-bond donors (Lipinski definition) is 2. The lowest BCUT2D eigenvalue weighted by Gasteiger charge is -2.02. The third-order valence-corrected chi connectivity index (χ3v) is 1.49. The van der Waals surface area contributed by atoms with Crippen molar-refractivity contribution in [1.29, 1.82) is 5.26 Å². The Kier molecular flexibility index (Phi) is 3.12. The number of anilines is 1. The van der Waals surface area contributed by atoms with Crippen LogP contribution in [0.3, 0.4) is 0 Å². The zero-order chi connectivity index (χ0) is 8.81. The molecule has 0 aromatic heterocycles. The Balaban J connectivity index is 2.60. The van der Waals surface area contributed by atoms with Crippen LogP contribution in [0.1, 0.15) is 5.56 Å². The number of nitrogens with one attached hydrogen (secondary N) is 1. The van der Waals surface area contributed by atoms with Gasteiger partial charge in [0, 0.05) is 18.8 Å². The molecule has 0 radical (unpaired) electrons. The molecule has 0 heterocycles. The number of nitrogens with zero attached hydrogens (tertiary/aromatic N) is 1. The number of rotatable bonds is 3. The summed E-state index contributed by atoms with van der Waals surface area (Å²) in [5.74, 6) is 0. The maximum atomic E-state index is 8.51. The maximum absolute atomic E-state index is 8.51. The van der Waals surface area contributed by atoms with E-state index in [-0.39, 0.29) is 0 Å². The van der Waals surface area contributed by atoms with Crippen molar-refractivity contribution in [2.75, 3.05) is 18.4 Å². The number of benzene rings is 1. The monoisotopic (exact) mass is 161 g/mol. The van der Waals surface area contributed by atoms with E-state index in [1.165, 1.54) is 0 Å². The van der Waals surface area contributed by atoms with Gasteiger partial charge >= 0.3 is 0 Å². The summed E-state index contributed by atoms with van der Waals surface area (Å²) in [7, 11) is 0. The van der Waals surface area contributed by atoms with E-state index in [4.69, 9.17) is 11.0 Å². The summed E-state index contributed by atoms with van der Waals surface area (Å²) in [5.41, 5.74) is 6.99. The second kappa shape index (κ2) is 4.37. The molecular formula is C9H11N3. The molecule has 0 aliphatic rings. The topological polar surface area (TPSA) is 61.8 Å². The molecule has 1 aromatic rings. The third-order valence-electron chi connectivity index (χ3n) is 1.49. The fourth-order valence-corrected chi connectivity index (χ4v) is 0.879. The van der Waals surface area contributed by atoms with Crippen LogP contribution in [0, 0.1) is 11.3 Å². The summed E-state index contributed by atoms with van der Waals surface area (Å²) >= 11 is 0. The average Bonchev–Trinajstić information content (AvgIpc) is 2.15. The highest BCUT2D eigenvalue weighted by atomic mass is 14.9. The molecule has 3 nitrogen and oxygen atoms in total. The standard InChI is InChI=1S/C9H11N3/c10-5-6-12-9-3-1-8(7-11)2-4-9/h1-4,12H,5-6,10H2. The van der Waals surface area contributed by atoms with Crippen LogP contribution in [0.2, 0.25) is 0 Å². The Hall–Kier alpha value is -1.53. The molecule has 0 amide bonds. The largest absolute Gasteiger partial charge is 0.384 e. The van der Waals surface area contributed by atoms with Crippen LogP contribution in [0.25, 0.3) is 0 Å². The van der Waals surface area contributed by atoms with Crippen LogP contribution in [0.15, 0.2) is 24.3 Å². The van der Waals surface area contributed by atoms with Crippen molar-refractivity contribution in [2.24, 2.45) is 5.73 Å². The van der Waals surface area contributed by atoms with Crippen molar-refractivity contribution in [3.05, 3.63) is 29.8 Å².